The minimum Gasteiger partial charge on any atom is -0.379 e. The zero-order valence-corrected chi connectivity index (χ0v) is 16.5. The van der Waals surface area contributed by atoms with Crippen LogP contribution in [0.25, 0.3) is 0 Å². The van der Waals surface area contributed by atoms with Crippen LogP contribution in [0.1, 0.15) is 36.3 Å². The fraction of sp³-hybridized carbons (Fsp3) is 0.263. The van der Waals surface area contributed by atoms with Crippen molar-refractivity contribution in [1.29, 1.82) is 0 Å². The van der Waals surface area contributed by atoms with Crippen molar-refractivity contribution >= 4 is 28.5 Å². The number of hydrogen-bond donors (Lipinski definition) is 3. The molecule has 0 unspecified atom stereocenters. The number of carbonyl (C=O) groups excluding carboxylic acids is 1. The SMILES string of the molecule is C=C(C)NOc1cnc(C(=O)Nc2cccc([C@]3(C)CCSC(N)=N3)c2)cn1. The summed E-state index contributed by atoms with van der Waals surface area (Å²) in [6.45, 7) is 7.44. The lowest BCUT2D eigenvalue weighted by molar-refractivity contribution is 0.102. The summed E-state index contributed by atoms with van der Waals surface area (Å²) in [5, 5.41) is 3.42. The van der Waals surface area contributed by atoms with Gasteiger partial charge in [-0.2, -0.15) is 0 Å². The van der Waals surface area contributed by atoms with E-state index in [9.17, 15) is 4.79 Å². The number of hydrogen-bond acceptors (Lipinski definition) is 8. The van der Waals surface area contributed by atoms with Gasteiger partial charge in [0.1, 0.15) is 5.69 Å². The first-order chi connectivity index (χ1) is 13.4. The van der Waals surface area contributed by atoms with Gasteiger partial charge in [-0.15, -0.1) is 0 Å². The molecule has 2 heterocycles. The highest BCUT2D eigenvalue weighted by Gasteiger charge is 2.29. The number of nitrogens with one attached hydrogen (secondary N) is 2. The fourth-order valence-corrected chi connectivity index (χ4v) is 3.62. The van der Waals surface area contributed by atoms with Crippen molar-refractivity contribution in [2.75, 3.05) is 11.1 Å². The van der Waals surface area contributed by atoms with Crippen LogP contribution in [0.2, 0.25) is 0 Å². The summed E-state index contributed by atoms with van der Waals surface area (Å²) < 4.78 is 0. The average molecular weight is 398 g/mol. The summed E-state index contributed by atoms with van der Waals surface area (Å²) in [5.41, 5.74) is 10.5. The summed E-state index contributed by atoms with van der Waals surface area (Å²) in [4.78, 5) is 30.3. The van der Waals surface area contributed by atoms with E-state index in [1.54, 1.807) is 18.7 Å². The van der Waals surface area contributed by atoms with Crippen LogP contribution in [-0.2, 0) is 5.54 Å². The number of aromatic nitrogens is 2. The molecule has 3 rings (SSSR count). The Morgan fingerprint density at radius 3 is 2.86 bits per heavy atom. The predicted octanol–water partition coefficient (Wildman–Crippen LogP) is 2.81. The standard InChI is InChI=1S/C19H22N6O2S/c1-12(2)25-27-16-11-21-15(10-22-16)17(26)23-14-6-4-5-13(9-14)19(3)7-8-28-18(20)24-19/h4-6,9-11,25H,1,7-8H2,2-3H3,(H2,20,24)(H,23,26)/t19-/m0/s1. The van der Waals surface area contributed by atoms with Crippen molar-refractivity contribution < 1.29 is 9.63 Å². The van der Waals surface area contributed by atoms with Crippen LogP contribution in [0.15, 0.2) is 53.9 Å². The van der Waals surface area contributed by atoms with Crippen molar-refractivity contribution in [3.8, 4) is 5.88 Å². The quantitative estimate of drug-likeness (QED) is 0.641. The van der Waals surface area contributed by atoms with Crippen molar-refractivity contribution in [3.63, 3.8) is 0 Å². The van der Waals surface area contributed by atoms with Gasteiger partial charge in [0.2, 0.25) is 0 Å². The van der Waals surface area contributed by atoms with E-state index in [0.29, 0.717) is 16.6 Å². The average Bonchev–Trinajstić information content (AvgIpc) is 2.67. The van der Waals surface area contributed by atoms with Gasteiger partial charge in [-0.3, -0.25) is 9.79 Å². The second-order valence-electron chi connectivity index (χ2n) is 6.58. The van der Waals surface area contributed by atoms with Crippen LogP contribution in [0.3, 0.4) is 0 Å². The summed E-state index contributed by atoms with van der Waals surface area (Å²) >= 11 is 1.56. The van der Waals surface area contributed by atoms with Crippen LogP contribution in [-0.4, -0.2) is 26.8 Å². The van der Waals surface area contributed by atoms with Gasteiger partial charge >= 0.3 is 0 Å². The third-order valence-corrected chi connectivity index (χ3v) is 4.92. The van der Waals surface area contributed by atoms with Crippen molar-refractivity contribution in [1.82, 2.24) is 15.4 Å². The van der Waals surface area contributed by atoms with Gasteiger partial charge in [-0.05, 0) is 38.0 Å². The van der Waals surface area contributed by atoms with Gasteiger partial charge in [0, 0.05) is 17.1 Å². The number of amides is 1. The predicted molar refractivity (Wildman–Crippen MR) is 111 cm³/mol. The minimum absolute atomic E-state index is 0.177. The number of anilines is 1. The number of rotatable bonds is 6. The maximum absolute atomic E-state index is 12.5. The van der Waals surface area contributed by atoms with Crippen LogP contribution in [0.4, 0.5) is 5.69 Å². The first kappa shape index (κ1) is 19.7. The largest absolute Gasteiger partial charge is 0.379 e. The molecule has 1 aliphatic heterocycles. The third kappa shape index (κ3) is 4.80. The third-order valence-electron chi connectivity index (χ3n) is 4.13. The van der Waals surface area contributed by atoms with Crippen molar-refractivity contribution in [2.24, 2.45) is 10.7 Å². The second kappa shape index (κ2) is 8.30. The molecule has 0 fully saturated rings. The Labute approximate surface area is 167 Å². The number of thioether (sulfide) groups is 1. The molecule has 0 radical (unpaired) electrons. The number of benzene rings is 1. The highest BCUT2D eigenvalue weighted by Crippen LogP contribution is 2.35. The molecule has 2 aromatic rings. The Balaban J connectivity index is 1.71. The van der Waals surface area contributed by atoms with Crippen molar-refractivity contribution in [3.05, 3.63) is 60.2 Å². The number of amidine groups is 1. The van der Waals surface area contributed by atoms with Crippen LogP contribution in [0.5, 0.6) is 5.88 Å². The van der Waals surface area contributed by atoms with Gasteiger partial charge in [-0.1, -0.05) is 30.5 Å². The highest BCUT2D eigenvalue weighted by atomic mass is 32.2. The van der Waals surface area contributed by atoms with E-state index in [1.807, 2.05) is 31.2 Å². The van der Waals surface area contributed by atoms with Gasteiger partial charge in [0.15, 0.2) is 5.17 Å². The molecule has 8 nitrogen and oxygen atoms in total. The number of aliphatic imine (C=N–C) groups is 1. The molecule has 0 saturated heterocycles. The molecule has 1 aromatic heterocycles. The lowest BCUT2D eigenvalue weighted by Gasteiger charge is -2.30. The smallest absolute Gasteiger partial charge is 0.275 e. The normalized spacial score (nSPS) is 18.7. The molecule has 0 bridgehead atoms. The molecule has 1 atom stereocenters. The molecule has 4 N–H and O–H groups in total. The second-order valence-corrected chi connectivity index (χ2v) is 7.70. The van der Waals surface area contributed by atoms with E-state index in [0.717, 1.165) is 17.7 Å². The lowest BCUT2D eigenvalue weighted by atomic mass is 9.89. The zero-order chi connectivity index (χ0) is 20.1. The first-order valence-electron chi connectivity index (χ1n) is 8.66. The Bertz CT molecular complexity index is 915. The Morgan fingerprint density at radius 2 is 2.18 bits per heavy atom. The van der Waals surface area contributed by atoms with E-state index in [1.165, 1.54) is 12.4 Å². The molecule has 0 aliphatic carbocycles. The summed E-state index contributed by atoms with van der Waals surface area (Å²) in [5.74, 6) is 0.781. The number of hydroxylamine groups is 1. The highest BCUT2D eigenvalue weighted by molar-refractivity contribution is 8.13. The zero-order valence-electron chi connectivity index (χ0n) is 15.7. The molecular formula is C19H22N6O2S. The van der Waals surface area contributed by atoms with Crippen LogP contribution >= 0.6 is 11.8 Å². The van der Waals surface area contributed by atoms with Crippen LogP contribution < -0.4 is 21.4 Å². The van der Waals surface area contributed by atoms with Gasteiger partial charge in [-0.25, -0.2) is 15.4 Å². The number of nitrogens with two attached hydrogens (primary N) is 1. The maximum Gasteiger partial charge on any atom is 0.275 e. The molecule has 0 spiro atoms. The fourth-order valence-electron chi connectivity index (χ4n) is 2.65. The number of allylic oxidation sites excluding steroid dienone is 1. The van der Waals surface area contributed by atoms with E-state index in [-0.39, 0.29) is 17.5 Å². The lowest BCUT2D eigenvalue weighted by Crippen LogP contribution is -2.28. The Hall–Kier alpha value is -3.07. The first-order valence-corrected chi connectivity index (χ1v) is 9.65. The van der Waals surface area contributed by atoms with Gasteiger partial charge in [0.05, 0.1) is 17.9 Å². The summed E-state index contributed by atoms with van der Waals surface area (Å²) in [6, 6.07) is 7.60. The maximum atomic E-state index is 12.5. The molecule has 9 heteroatoms. The number of nitrogens with zero attached hydrogens (tertiary/aromatic N) is 3. The monoisotopic (exact) mass is 398 g/mol. The van der Waals surface area contributed by atoms with E-state index < -0.39 is 5.54 Å². The summed E-state index contributed by atoms with van der Waals surface area (Å²) in [6.07, 6.45) is 3.58. The van der Waals surface area contributed by atoms with E-state index in [4.69, 9.17) is 10.6 Å². The topological polar surface area (TPSA) is 115 Å². The molecular weight excluding hydrogens is 376 g/mol. The van der Waals surface area contributed by atoms with Gasteiger partial charge in [0.25, 0.3) is 11.8 Å². The van der Waals surface area contributed by atoms with Crippen molar-refractivity contribution in [2.45, 2.75) is 25.8 Å². The molecule has 1 amide bonds. The van der Waals surface area contributed by atoms with Crippen LogP contribution in [0, 0.1) is 0 Å². The summed E-state index contributed by atoms with van der Waals surface area (Å²) in [7, 11) is 0. The van der Waals surface area contributed by atoms with Gasteiger partial charge < -0.3 is 15.9 Å². The van der Waals surface area contributed by atoms with E-state index >= 15 is 0 Å². The number of carbonyl (C=O) groups is 1. The molecule has 0 saturated carbocycles. The molecule has 1 aromatic carbocycles. The molecule has 146 valence electrons. The Morgan fingerprint density at radius 1 is 1.36 bits per heavy atom. The van der Waals surface area contributed by atoms with E-state index in [2.05, 4.69) is 32.3 Å². The molecule has 28 heavy (non-hydrogen) atoms. The molecule has 1 aliphatic rings. The Kier molecular flexibility index (Phi) is 5.84. The minimum atomic E-state index is -0.398.